The van der Waals surface area contributed by atoms with Gasteiger partial charge in [0.05, 0.1) is 11.1 Å². The molecule has 0 aliphatic carbocycles. The van der Waals surface area contributed by atoms with Crippen molar-refractivity contribution in [3.8, 4) is 0 Å². The molecule has 3 rings (SSSR count). The molecular formula is C17H12F4N2O3. The molecule has 0 bridgehead atoms. The predicted octanol–water partition coefficient (Wildman–Crippen LogP) is 3.14. The van der Waals surface area contributed by atoms with Crippen LogP contribution in [0.5, 0.6) is 0 Å². The number of carboxylic acid groups (broad SMARTS) is 1. The van der Waals surface area contributed by atoms with Gasteiger partial charge in [-0.2, -0.15) is 13.2 Å². The zero-order chi connectivity index (χ0) is 19.1. The van der Waals surface area contributed by atoms with Crippen molar-refractivity contribution in [1.82, 2.24) is 9.88 Å². The number of hydrogen-bond donors (Lipinski definition) is 1. The van der Waals surface area contributed by atoms with E-state index in [2.05, 4.69) is 4.98 Å². The van der Waals surface area contributed by atoms with Crippen molar-refractivity contribution in [2.24, 2.45) is 0 Å². The van der Waals surface area contributed by atoms with Crippen LogP contribution < -0.4 is 0 Å². The smallest absolute Gasteiger partial charge is 0.417 e. The van der Waals surface area contributed by atoms with Crippen LogP contribution in [0.15, 0.2) is 30.3 Å². The van der Waals surface area contributed by atoms with Crippen molar-refractivity contribution in [2.45, 2.75) is 19.1 Å². The summed E-state index contributed by atoms with van der Waals surface area (Å²) in [6, 6.07) is 4.51. The highest BCUT2D eigenvalue weighted by molar-refractivity contribution is 5.96. The summed E-state index contributed by atoms with van der Waals surface area (Å²) >= 11 is 0. The van der Waals surface area contributed by atoms with Gasteiger partial charge in [-0.05, 0) is 29.8 Å². The number of amides is 1. The fourth-order valence-electron chi connectivity index (χ4n) is 2.82. The first kappa shape index (κ1) is 17.8. The lowest BCUT2D eigenvalue weighted by Crippen LogP contribution is -2.37. The van der Waals surface area contributed by atoms with Crippen LogP contribution in [0, 0.1) is 5.82 Å². The molecule has 0 saturated heterocycles. The minimum absolute atomic E-state index is 0.0329. The van der Waals surface area contributed by atoms with Gasteiger partial charge in [-0.3, -0.25) is 4.79 Å². The van der Waals surface area contributed by atoms with E-state index in [9.17, 15) is 27.2 Å². The minimum atomic E-state index is -4.79. The van der Waals surface area contributed by atoms with E-state index in [0.717, 1.165) is 4.90 Å². The maximum atomic E-state index is 13.4. The number of carboxylic acids is 1. The summed E-state index contributed by atoms with van der Waals surface area (Å²) in [5, 5.41) is 8.94. The zero-order valence-corrected chi connectivity index (χ0v) is 13.2. The first-order chi connectivity index (χ1) is 12.2. The highest BCUT2D eigenvalue weighted by Crippen LogP contribution is 2.33. The number of hydrogen-bond acceptors (Lipinski definition) is 3. The Morgan fingerprint density at radius 3 is 2.54 bits per heavy atom. The van der Waals surface area contributed by atoms with Gasteiger partial charge in [0.25, 0.3) is 5.91 Å². The number of carbonyl (C=O) groups excluding carboxylic acids is 1. The molecule has 0 spiro atoms. The SMILES string of the molecule is O=C(O)c1ccc2c(n1)CCN(C(=O)c1cc(F)ccc1C(F)(F)F)C2. The molecule has 1 N–H and O–H groups in total. The Kier molecular flexibility index (Phi) is 4.39. The third-order valence-corrected chi connectivity index (χ3v) is 4.07. The Morgan fingerprint density at radius 1 is 1.15 bits per heavy atom. The van der Waals surface area contributed by atoms with Crippen LogP contribution in [-0.4, -0.2) is 33.4 Å². The van der Waals surface area contributed by atoms with E-state index in [0.29, 0.717) is 29.5 Å². The van der Waals surface area contributed by atoms with Gasteiger partial charge in [0.1, 0.15) is 11.5 Å². The van der Waals surface area contributed by atoms with Crippen LogP contribution in [0.1, 0.15) is 37.7 Å². The van der Waals surface area contributed by atoms with Gasteiger partial charge in [0.2, 0.25) is 0 Å². The van der Waals surface area contributed by atoms with Gasteiger partial charge in [0.15, 0.2) is 0 Å². The van der Waals surface area contributed by atoms with Crippen molar-refractivity contribution in [1.29, 1.82) is 0 Å². The first-order valence-electron chi connectivity index (χ1n) is 7.55. The van der Waals surface area contributed by atoms with Crippen LogP contribution in [0.25, 0.3) is 0 Å². The summed E-state index contributed by atoms with van der Waals surface area (Å²) in [4.78, 5) is 28.6. The summed E-state index contributed by atoms with van der Waals surface area (Å²) in [7, 11) is 0. The Hall–Kier alpha value is -2.97. The quantitative estimate of drug-likeness (QED) is 0.827. The Labute approximate surface area is 144 Å². The van der Waals surface area contributed by atoms with Gasteiger partial charge in [0, 0.05) is 25.2 Å². The monoisotopic (exact) mass is 368 g/mol. The van der Waals surface area contributed by atoms with Crippen molar-refractivity contribution in [3.05, 3.63) is 64.2 Å². The van der Waals surface area contributed by atoms with Crippen molar-refractivity contribution in [3.63, 3.8) is 0 Å². The second-order valence-corrected chi connectivity index (χ2v) is 5.77. The summed E-state index contributed by atoms with van der Waals surface area (Å²) in [6.07, 6.45) is -4.59. The molecule has 0 radical (unpaired) electrons. The largest absolute Gasteiger partial charge is 0.477 e. The summed E-state index contributed by atoms with van der Waals surface area (Å²) in [5.41, 5.74) is -1.08. The van der Waals surface area contributed by atoms with Crippen LogP contribution in [-0.2, 0) is 19.1 Å². The van der Waals surface area contributed by atoms with Gasteiger partial charge in [-0.25, -0.2) is 14.2 Å². The third-order valence-electron chi connectivity index (χ3n) is 4.07. The van der Waals surface area contributed by atoms with Crippen LogP contribution in [0.4, 0.5) is 17.6 Å². The fraction of sp³-hybridized carbons (Fsp3) is 0.235. The molecule has 0 atom stereocenters. The second-order valence-electron chi connectivity index (χ2n) is 5.77. The molecule has 1 aromatic heterocycles. The average molecular weight is 368 g/mol. The van der Waals surface area contributed by atoms with E-state index in [1.54, 1.807) is 0 Å². The highest BCUT2D eigenvalue weighted by atomic mass is 19.4. The molecule has 5 nitrogen and oxygen atoms in total. The van der Waals surface area contributed by atoms with E-state index in [1.807, 2.05) is 0 Å². The molecule has 1 aliphatic rings. The number of carbonyl (C=O) groups is 2. The molecule has 0 unspecified atom stereocenters. The van der Waals surface area contributed by atoms with Crippen LogP contribution in [0.2, 0.25) is 0 Å². The van der Waals surface area contributed by atoms with E-state index >= 15 is 0 Å². The maximum absolute atomic E-state index is 13.4. The van der Waals surface area contributed by atoms with E-state index < -0.39 is 35.0 Å². The number of halogens is 4. The predicted molar refractivity (Wildman–Crippen MR) is 81.0 cm³/mol. The Morgan fingerprint density at radius 2 is 1.88 bits per heavy atom. The second kappa shape index (κ2) is 6.40. The topological polar surface area (TPSA) is 70.5 Å². The summed E-state index contributed by atoms with van der Waals surface area (Å²) < 4.78 is 52.7. The number of nitrogens with zero attached hydrogens (tertiary/aromatic N) is 2. The van der Waals surface area contributed by atoms with Crippen molar-refractivity contribution >= 4 is 11.9 Å². The molecule has 1 aromatic carbocycles. The molecule has 0 fully saturated rings. The lowest BCUT2D eigenvalue weighted by Gasteiger charge is -2.29. The number of alkyl halides is 3. The Balaban J connectivity index is 1.91. The normalized spacial score (nSPS) is 14.1. The van der Waals surface area contributed by atoms with Gasteiger partial charge < -0.3 is 10.0 Å². The van der Waals surface area contributed by atoms with Gasteiger partial charge in [-0.1, -0.05) is 6.07 Å². The summed E-state index contributed by atoms with van der Waals surface area (Å²) in [6.45, 7) is 0.0184. The Bertz CT molecular complexity index is 896. The van der Waals surface area contributed by atoms with Crippen molar-refractivity contribution in [2.75, 3.05) is 6.54 Å². The van der Waals surface area contributed by atoms with Gasteiger partial charge >= 0.3 is 12.1 Å². The molecular weight excluding hydrogens is 356 g/mol. The number of pyridine rings is 1. The summed E-state index contributed by atoms with van der Waals surface area (Å²) in [5.74, 6) is -3.07. The third kappa shape index (κ3) is 3.37. The fourth-order valence-corrected chi connectivity index (χ4v) is 2.82. The number of benzene rings is 1. The molecule has 26 heavy (non-hydrogen) atoms. The number of rotatable bonds is 2. The molecule has 0 saturated carbocycles. The minimum Gasteiger partial charge on any atom is -0.477 e. The number of aromatic nitrogens is 1. The standard InChI is InChI=1S/C17H12F4N2O3/c18-10-2-3-12(17(19,20)21)11(7-10)15(24)23-6-5-13-9(8-23)1-4-14(22-13)16(25)26/h1-4,7H,5-6,8H2,(H,25,26). The lowest BCUT2D eigenvalue weighted by molar-refractivity contribution is -0.138. The maximum Gasteiger partial charge on any atom is 0.417 e. The van der Waals surface area contributed by atoms with E-state index in [1.165, 1.54) is 12.1 Å². The molecule has 2 aromatic rings. The molecule has 1 amide bonds. The highest BCUT2D eigenvalue weighted by Gasteiger charge is 2.37. The molecule has 9 heteroatoms. The molecule has 2 heterocycles. The van der Waals surface area contributed by atoms with Crippen LogP contribution >= 0.6 is 0 Å². The van der Waals surface area contributed by atoms with Gasteiger partial charge in [-0.15, -0.1) is 0 Å². The molecule has 136 valence electrons. The molecule has 1 aliphatic heterocycles. The number of aromatic carboxylic acids is 1. The van der Waals surface area contributed by atoms with Crippen LogP contribution in [0.3, 0.4) is 0 Å². The zero-order valence-electron chi connectivity index (χ0n) is 13.2. The first-order valence-corrected chi connectivity index (χ1v) is 7.55. The average Bonchev–Trinajstić information content (AvgIpc) is 2.59. The lowest BCUT2D eigenvalue weighted by atomic mass is 10.0. The van der Waals surface area contributed by atoms with E-state index in [-0.39, 0.29) is 25.2 Å². The number of fused-ring (bicyclic) bond motifs is 1. The van der Waals surface area contributed by atoms with E-state index in [4.69, 9.17) is 5.11 Å². The van der Waals surface area contributed by atoms with Crippen molar-refractivity contribution < 1.29 is 32.3 Å².